The van der Waals surface area contributed by atoms with Crippen LogP contribution in [0.4, 0.5) is 0 Å². The molecule has 812 valence electrons. The molecule has 0 saturated carbocycles. The molecule has 55 nitrogen and oxygen atoms in total. The Labute approximate surface area is 837 Å². The first-order valence-electron chi connectivity index (χ1n) is 45.4. The Morgan fingerprint density at radius 1 is 0.205 bits per heavy atom. The molecule has 56 heteroatoms. The smallest absolute Gasteiger partial charge is 0.303 e. The van der Waals surface area contributed by atoms with Crippen molar-refractivity contribution in [1.82, 2.24) is 5.32 Å². The normalized spacial score (nSPS) is 33.7. The number of thiocarbonyl (C=S) groups is 1. The van der Waals surface area contributed by atoms with Crippen LogP contribution in [0.25, 0.3) is 0 Å². The monoisotopic (exact) mass is 2110 g/mol. The molecule has 22 rings (SSSR count). The molecule has 21 fully saturated rings. The summed E-state index contributed by atoms with van der Waals surface area (Å²) in [6.45, 7) is 9.53. The lowest BCUT2D eigenvalue weighted by molar-refractivity contribution is -0.396. The van der Waals surface area contributed by atoms with E-state index in [4.69, 9.17) is 173 Å². The van der Waals surface area contributed by atoms with Crippen LogP contribution >= 0.6 is 12.2 Å². The van der Waals surface area contributed by atoms with Crippen molar-refractivity contribution >= 4 is 137 Å². The van der Waals surface area contributed by atoms with E-state index < -0.39 is 381 Å². The molecule has 35 unspecified atom stereocenters. The first-order valence-corrected chi connectivity index (χ1v) is 45.8. The summed E-state index contributed by atoms with van der Waals surface area (Å²) in [5, 5.41) is 3.03. The van der Waals surface area contributed by atoms with Gasteiger partial charge in [-0.3, -0.25) is 95.9 Å². The molecule has 14 bridgehead atoms. The highest BCUT2D eigenvalue weighted by Crippen LogP contribution is 2.45. The van der Waals surface area contributed by atoms with Crippen molar-refractivity contribution in [3.8, 4) is 0 Å². The summed E-state index contributed by atoms with van der Waals surface area (Å²) in [5.74, 6) is -24.7. The second-order valence-electron chi connectivity index (χ2n) is 33.8. The highest BCUT2D eigenvalue weighted by molar-refractivity contribution is 7.80. The van der Waals surface area contributed by atoms with Crippen LogP contribution in [0.3, 0.4) is 0 Å². The molecular formula is C90H117NO54S. The van der Waals surface area contributed by atoms with Crippen molar-refractivity contribution in [3.05, 3.63) is 35.9 Å². The number of benzene rings is 1. The molecule has 0 aliphatic carbocycles. The van der Waals surface area contributed by atoms with Gasteiger partial charge in [0.2, 0.25) is 0 Å². The average molecular weight is 2110 g/mol. The summed E-state index contributed by atoms with van der Waals surface area (Å²) in [4.78, 5) is 276. The zero-order valence-corrected chi connectivity index (χ0v) is 83.5. The third-order valence-corrected chi connectivity index (χ3v) is 22.1. The van der Waals surface area contributed by atoms with E-state index in [1.54, 1.807) is 30.3 Å². The topological polar surface area (TPSA) is 667 Å². The standard InChI is InChI=1S/C90H117NO54S/c1-34(92)112-28-56-64-71(119-41(8)99)79(127-49(16)107)86(134-56)142-66-58(30-114-36(3)94)136-88(81(129-51(18)109)73(66)121-43(10)101)144-68-60(32-116-38(5)96)138-90(83(131-53(20)111)75(68)123-45(12)103)145-69-61(33-117-39(6)97)137-89(82(130-52(19)110)76(69)124-46(13)104)143-67-59(31-115-37(4)95)135-87(80(128-50(17)108)74(67)122-44(11)102)141-65-57(29-113-35(2)93)133-85(78(126-48(15)106)72(65)120-42(9)100)139-63-55(27-91-62(146)26-54-24-22-21-23-25-54)132-84(140-64)77(125-47(14)105)70(63)118-40(7)98/h21-25,55-61,63-90H,26-33H2,1-20H3,(H,91,146). The van der Waals surface area contributed by atoms with Gasteiger partial charge in [-0.15, -0.1) is 0 Å². The number of nitrogens with one attached hydrogen (secondary N) is 1. The Morgan fingerprint density at radius 3 is 0.500 bits per heavy atom. The molecule has 21 aliphatic heterocycles. The first kappa shape index (κ1) is 118. The minimum Gasteiger partial charge on any atom is -0.463 e. The largest absolute Gasteiger partial charge is 0.463 e. The van der Waals surface area contributed by atoms with Gasteiger partial charge in [-0.2, -0.15) is 0 Å². The van der Waals surface area contributed by atoms with E-state index in [1.807, 2.05) is 0 Å². The van der Waals surface area contributed by atoms with E-state index in [-0.39, 0.29) is 11.4 Å². The van der Waals surface area contributed by atoms with Crippen LogP contribution in [-0.2, 0) is 263 Å². The van der Waals surface area contributed by atoms with Crippen molar-refractivity contribution in [3.63, 3.8) is 0 Å². The molecule has 0 spiro atoms. The minimum absolute atomic E-state index is 0.0127. The average Bonchev–Trinajstić information content (AvgIpc) is 0.766. The number of carbonyl (C=O) groups excluding carboxylic acids is 20. The maximum atomic E-state index is 14.2. The minimum atomic E-state index is -2.46. The Bertz CT molecular complexity index is 4530. The van der Waals surface area contributed by atoms with Crippen LogP contribution in [0.5, 0.6) is 0 Å². The summed E-state index contributed by atoms with van der Waals surface area (Å²) >= 11 is 5.91. The van der Waals surface area contributed by atoms with Crippen molar-refractivity contribution in [2.24, 2.45) is 0 Å². The number of esters is 20. The predicted octanol–water partition coefficient (Wildman–Crippen LogP) is -1.65. The Morgan fingerprint density at radius 2 is 0.349 bits per heavy atom. The lowest BCUT2D eigenvalue weighted by Crippen LogP contribution is -2.70. The van der Waals surface area contributed by atoms with Gasteiger partial charge >= 0.3 is 119 Å². The molecule has 21 aliphatic rings. The first-order chi connectivity index (χ1) is 68.7. The molecule has 0 radical (unpaired) electrons. The molecule has 1 aromatic rings. The Kier molecular flexibility index (Phi) is 43.5. The van der Waals surface area contributed by atoms with Gasteiger partial charge in [-0.25, -0.2) is 0 Å². The fourth-order valence-electron chi connectivity index (χ4n) is 16.9. The van der Waals surface area contributed by atoms with Gasteiger partial charge in [-0.1, -0.05) is 42.5 Å². The van der Waals surface area contributed by atoms with Gasteiger partial charge < -0.3 is 166 Å². The van der Waals surface area contributed by atoms with E-state index in [1.165, 1.54) is 0 Å². The fraction of sp³-hybridized carbons (Fsp3) is 0.700. The Balaban J connectivity index is 1.40. The number of rotatable bonds is 30. The summed E-state index contributed by atoms with van der Waals surface area (Å²) < 4.78 is 212. The lowest BCUT2D eigenvalue weighted by Gasteiger charge is -2.52. The van der Waals surface area contributed by atoms with Gasteiger partial charge in [0, 0.05) is 151 Å². The van der Waals surface area contributed by atoms with Crippen LogP contribution in [-0.4, -0.2) is 386 Å². The molecule has 21 saturated heterocycles. The second-order valence-corrected chi connectivity index (χ2v) is 34.3. The number of ether oxygens (including phenoxy) is 34. The summed E-state index contributed by atoms with van der Waals surface area (Å²) in [6.07, 6.45) is -80.5. The van der Waals surface area contributed by atoms with E-state index >= 15 is 0 Å². The van der Waals surface area contributed by atoms with Gasteiger partial charge in [0.25, 0.3) is 0 Å². The SMILES string of the molecule is CC(=O)OCC1OC2OC3C(COC(C)=O)OC(OC4C(COC(C)=O)OC(OC5C(COC(C)=O)OC(OC6C(COC(C)=O)OC(OC7C(COC(C)=O)OC(OC8C(CNC(=S)Cc9ccccc9)OC(OC1C(OC(C)=O)C2OC(C)=O)C(OC(C)=O)C8OC(C)=O)C(OC(C)=O)C7OC(C)=O)C(OC(C)=O)C6OC(C)=O)C(OC(C)=O)C5OC(C)=O)C(OC(C)=O)C4OC(C)=O)C(OC(C)=O)C3OC(C)=O. The summed E-state index contributed by atoms with van der Waals surface area (Å²) in [6, 6.07) is 8.48. The van der Waals surface area contributed by atoms with Gasteiger partial charge in [0.1, 0.15) is 125 Å². The highest BCUT2D eigenvalue weighted by Gasteiger charge is 2.66. The molecule has 0 aromatic heterocycles. The second kappa shape index (κ2) is 54.0. The zero-order valence-electron chi connectivity index (χ0n) is 82.7. The van der Waals surface area contributed by atoms with Crippen molar-refractivity contribution < 1.29 is 257 Å². The van der Waals surface area contributed by atoms with Crippen LogP contribution in [0, 0.1) is 0 Å². The molecule has 1 N–H and O–H groups in total. The zero-order chi connectivity index (χ0) is 108. The van der Waals surface area contributed by atoms with Crippen LogP contribution in [0.15, 0.2) is 30.3 Å². The third-order valence-electron chi connectivity index (χ3n) is 21.8. The number of hydrogen-bond acceptors (Lipinski definition) is 55. The van der Waals surface area contributed by atoms with Gasteiger partial charge in [-0.05, 0) is 5.56 Å². The van der Waals surface area contributed by atoms with E-state index in [2.05, 4.69) is 5.32 Å². The van der Waals surface area contributed by atoms with Crippen molar-refractivity contribution in [2.75, 3.05) is 46.2 Å². The van der Waals surface area contributed by atoms with Crippen molar-refractivity contribution in [1.29, 1.82) is 0 Å². The van der Waals surface area contributed by atoms with E-state index in [0.29, 0.717) is 5.56 Å². The molecule has 1 aromatic carbocycles. The van der Waals surface area contributed by atoms with E-state index in [0.717, 1.165) is 138 Å². The predicted molar refractivity (Wildman–Crippen MR) is 463 cm³/mol. The third kappa shape index (κ3) is 33.7. The maximum absolute atomic E-state index is 14.2. The summed E-state index contributed by atoms with van der Waals surface area (Å²) in [7, 11) is 0. The van der Waals surface area contributed by atoms with Crippen LogP contribution in [0.1, 0.15) is 144 Å². The molecule has 21 heterocycles. The van der Waals surface area contributed by atoms with Gasteiger partial charge in [0.15, 0.2) is 129 Å². The Hall–Kier alpha value is -12.0. The molecule has 146 heavy (non-hydrogen) atoms. The molecular weight excluding hydrogens is 1990 g/mol. The van der Waals surface area contributed by atoms with E-state index in [9.17, 15) is 95.9 Å². The quantitative estimate of drug-likeness (QED) is 0.0512. The highest BCUT2D eigenvalue weighted by atomic mass is 32.1. The van der Waals surface area contributed by atoms with Crippen molar-refractivity contribution in [2.45, 2.75) is 360 Å². The number of carbonyl (C=O) groups is 20. The van der Waals surface area contributed by atoms with Crippen LogP contribution in [0.2, 0.25) is 0 Å². The number of hydrogen-bond donors (Lipinski definition) is 1. The van der Waals surface area contributed by atoms with Crippen LogP contribution < -0.4 is 5.32 Å². The van der Waals surface area contributed by atoms with Gasteiger partial charge in [0.05, 0.1) is 4.99 Å². The lowest BCUT2D eigenvalue weighted by atomic mass is 9.94. The molecule has 0 amide bonds. The summed E-state index contributed by atoms with van der Waals surface area (Å²) in [5.41, 5.74) is 0.608. The fourth-order valence-corrected chi connectivity index (χ4v) is 17.1. The molecule has 35 atom stereocenters. The maximum Gasteiger partial charge on any atom is 0.303 e.